The standard InChI is InChI=1S/C15H13ClN2O/c16-14-8-4-7-13(9-14)11-17-18-15(19)10-12-5-2-1-3-6-12/h1-9,11H,10H2,(H,18,19)/b17-11-. The highest BCUT2D eigenvalue weighted by molar-refractivity contribution is 6.30. The predicted molar refractivity (Wildman–Crippen MR) is 77.3 cm³/mol. The number of rotatable bonds is 4. The van der Waals surface area contributed by atoms with Gasteiger partial charge < -0.3 is 0 Å². The van der Waals surface area contributed by atoms with Crippen LogP contribution >= 0.6 is 11.6 Å². The van der Waals surface area contributed by atoms with Gasteiger partial charge in [0.15, 0.2) is 0 Å². The van der Waals surface area contributed by atoms with Crippen molar-refractivity contribution in [2.24, 2.45) is 5.10 Å². The Balaban J connectivity index is 1.87. The molecule has 0 aliphatic heterocycles. The number of hydrogen-bond donors (Lipinski definition) is 1. The first kappa shape index (κ1) is 13.3. The van der Waals surface area contributed by atoms with E-state index in [4.69, 9.17) is 11.6 Å². The summed E-state index contributed by atoms with van der Waals surface area (Å²) in [6.07, 6.45) is 1.88. The summed E-state index contributed by atoms with van der Waals surface area (Å²) >= 11 is 5.84. The molecule has 0 atom stereocenters. The molecule has 2 aromatic carbocycles. The van der Waals surface area contributed by atoms with Crippen molar-refractivity contribution < 1.29 is 4.79 Å². The number of benzene rings is 2. The molecule has 0 bridgehead atoms. The Labute approximate surface area is 116 Å². The van der Waals surface area contributed by atoms with Crippen molar-refractivity contribution in [1.29, 1.82) is 0 Å². The second-order valence-corrected chi connectivity index (χ2v) is 4.45. The van der Waals surface area contributed by atoms with Crippen LogP contribution in [0, 0.1) is 0 Å². The van der Waals surface area contributed by atoms with Crippen LogP contribution in [0.5, 0.6) is 0 Å². The summed E-state index contributed by atoms with van der Waals surface area (Å²) in [4.78, 5) is 11.6. The molecule has 0 saturated carbocycles. The lowest BCUT2D eigenvalue weighted by Crippen LogP contribution is -2.19. The number of amides is 1. The van der Waals surface area contributed by atoms with Crippen molar-refractivity contribution in [2.75, 3.05) is 0 Å². The Bertz CT molecular complexity index is 582. The van der Waals surface area contributed by atoms with Gasteiger partial charge in [-0.15, -0.1) is 0 Å². The van der Waals surface area contributed by atoms with Gasteiger partial charge in [-0.05, 0) is 23.3 Å². The van der Waals surface area contributed by atoms with Crippen molar-refractivity contribution in [3.8, 4) is 0 Å². The normalized spacial score (nSPS) is 10.6. The molecule has 19 heavy (non-hydrogen) atoms. The molecule has 0 aromatic heterocycles. The highest BCUT2D eigenvalue weighted by atomic mass is 35.5. The summed E-state index contributed by atoms with van der Waals surface area (Å²) in [6.45, 7) is 0. The van der Waals surface area contributed by atoms with Gasteiger partial charge in [-0.1, -0.05) is 54.1 Å². The van der Waals surface area contributed by atoms with Crippen LogP contribution in [0.1, 0.15) is 11.1 Å². The van der Waals surface area contributed by atoms with Crippen LogP contribution in [0.15, 0.2) is 59.7 Å². The summed E-state index contributed by atoms with van der Waals surface area (Å²) in [6, 6.07) is 16.8. The first-order valence-corrected chi connectivity index (χ1v) is 6.23. The maximum atomic E-state index is 11.6. The van der Waals surface area contributed by atoms with Crippen molar-refractivity contribution in [3.05, 3.63) is 70.7 Å². The van der Waals surface area contributed by atoms with E-state index in [1.807, 2.05) is 42.5 Å². The Morgan fingerprint density at radius 1 is 1.16 bits per heavy atom. The molecule has 2 aromatic rings. The summed E-state index contributed by atoms with van der Waals surface area (Å²) in [5, 5.41) is 4.53. The molecule has 0 aliphatic rings. The van der Waals surface area contributed by atoms with E-state index < -0.39 is 0 Å². The van der Waals surface area contributed by atoms with E-state index in [0.717, 1.165) is 11.1 Å². The fourth-order valence-corrected chi connectivity index (χ4v) is 1.79. The van der Waals surface area contributed by atoms with E-state index in [-0.39, 0.29) is 5.91 Å². The van der Waals surface area contributed by atoms with Gasteiger partial charge in [0.2, 0.25) is 5.91 Å². The molecule has 96 valence electrons. The van der Waals surface area contributed by atoms with Gasteiger partial charge in [-0.25, -0.2) is 5.43 Å². The number of carbonyl (C=O) groups is 1. The number of hydrogen-bond acceptors (Lipinski definition) is 2. The number of hydrazone groups is 1. The number of nitrogens with zero attached hydrogens (tertiary/aromatic N) is 1. The zero-order chi connectivity index (χ0) is 13.5. The van der Waals surface area contributed by atoms with E-state index >= 15 is 0 Å². The Morgan fingerprint density at radius 2 is 1.95 bits per heavy atom. The second-order valence-electron chi connectivity index (χ2n) is 4.01. The molecule has 4 heteroatoms. The Morgan fingerprint density at radius 3 is 2.68 bits per heavy atom. The smallest absolute Gasteiger partial charge is 0.244 e. The van der Waals surface area contributed by atoms with Crippen LogP contribution in [-0.2, 0) is 11.2 Å². The third-order valence-corrected chi connectivity index (χ3v) is 2.69. The van der Waals surface area contributed by atoms with Gasteiger partial charge in [0, 0.05) is 5.02 Å². The van der Waals surface area contributed by atoms with Gasteiger partial charge in [0.05, 0.1) is 12.6 Å². The van der Waals surface area contributed by atoms with Gasteiger partial charge in [-0.3, -0.25) is 4.79 Å². The molecule has 2 rings (SSSR count). The highest BCUT2D eigenvalue weighted by Gasteiger charge is 2.00. The van der Waals surface area contributed by atoms with Crippen LogP contribution in [-0.4, -0.2) is 12.1 Å². The van der Waals surface area contributed by atoms with Gasteiger partial charge in [0.25, 0.3) is 0 Å². The lowest BCUT2D eigenvalue weighted by molar-refractivity contribution is -0.120. The Kier molecular flexibility index (Phi) is 4.70. The minimum absolute atomic E-state index is 0.149. The molecular formula is C15H13ClN2O. The highest BCUT2D eigenvalue weighted by Crippen LogP contribution is 2.08. The first-order chi connectivity index (χ1) is 9.24. The van der Waals surface area contributed by atoms with Crippen LogP contribution in [0.25, 0.3) is 0 Å². The largest absolute Gasteiger partial charge is 0.273 e. The lowest BCUT2D eigenvalue weighted by atomic mass is 10.1. The fraction of sp³-hybridized carbons (Fsp3) is 0.0667. The van der Waals surface area contributed by atoms with E-state index in [1.165, 1.54) is 0 Å². The summed E-state index contributed by atoms with van der Waals surface area (Å²) in [5.74, 6) is -0.149. The monoisotopic (exact) mass is 272 g/mol. The van der Waals surface area contributed by atoms with Crippen LogP contribution in [0.4, 0.5) is 0 Å². The molecule has 1 amide bonds. The summed E-state index contributed by atoms with van der Waals surface area (Å²) in [7, 11) is 0. The van der Waals surface area contributed by atoms with Crippen LogP contribution in [0.2, 0.25) is 5.02 Å². The molecule has 0 saturated heterocycles. The zero-order valence-corrected chi connectivity index (χ0v) is 11.0. The van der Waals surface area contributed by atoms with Crippen molar-refractivity contribution in [1.82, 2.24) is 5.43 Å². The van der Waals surface area contributed by atoms with Crippen LogP contribution in [0.3, 0.4) is 0 Å². The molecule has 0 heterocycles. The number of halogens is 1. The Hall–Kier alpha value is -2.13. The van der Waals surface area contributed by atoms with Gasteiger partial charge in [-0.2, -0.15) is 5.10 Å². The van der Waals surface area contributed by atoms with Crippen LogP contribution < -0.4 is 5.43 Å². The molecular weight excluding hydrogens is 260 g/mol. The predicted octanol–water partition coefficient (Wildman–Crippen LogP) is 3.03. The topological polar surface area (TPSA) is 41.5 Å². The lowest BCUT2D eigenvalue weighted by Gasteiger charge is -2.00. The average molecular weight is 273 g/mol. The minimum atomic E-state index is -0.149. The maximum absolute atomic E-state index is 11.6. The third kappa shape index (κ3) is 4.56. The molecule has 1 N–H and O–H groups in total. The van der Waals surface area contributed by atoms with Gasteiger partial charge >= 0.3 is 0 Å². The van der Waals surface area contributed by atoms with Crippen molar-refractivity contribution in [2.45, 2.75) is 6.42 Å². The van der Waals surface area contributed by atoms with Crippen molar-refractivity contribution in [3.63, 3.8) is 0 Å². The molecule has 0 spiro atoms. The molecule has 0 aliphatic carbocycles. The number of nitrogens with one attached hydrogen (secondary N) is 1. The van der Waals surface area contributed by atoms with E-state index in [1.54, 1.807) is 18.3 Å². The van der Waals surface area contributed by atoms with E-state index in [0.29, 0.717) is 11.4 Å². The summed E-state index contributed by atoms with van der Waals surface area (Å²) < 4.78 is 0. The van der Waals surface area contributed by atoms with Gasteiger partial charge in [0.1, 0.15) is 0 Å². The zero-order valence-electron chi connectivity index (χ0n) is 10.2. The second kappa shape index (κ2) is 6.71. The molecule has 0 fully saturated rings. The molecule has 0 unspecified atom stereocenters. The third-order valence-electron chi connectivity index (χ3n) is 2.46. The van der Waals surface area contributed by atoms with E-state index in [2.05, 4.69) is 10.5 Å². The van der Waals surface area contributed by atoms with Crippen molar-refractivity contribution >= 4 is 23.7 Å². The maximum Gasteiger partial charge on any atom is 0.244 e. The summed E-state index contributed by atoms with van der Waals surface area (Å²) in [5.41, 5.74) is 4.28. The quantitative estimate of drug-likeness (QED) is 0.675. The average Bonchev–Trinajstić information content (AvgIpc) is 2.40. The van der Waals surface area contributed by atoms with E-state index in [9.17, 15) is 4.79 Å². The number of carbonyl (C=O) groups excluding carboxylic acids is 1. The molecule has 0 radical (unpaired) electrons. The minimum Gasteiger partial charge on any atom is -0.273 e. The SMILES string of the molecule is O=C(Cc1ccccc1)N/N=C\c1cccc(Cl)c1. The fourth-order valence-electron chi connectivity index (χ4n) is 1.59. The molecule has 3 nitrogen and oxygen atoms in total. The first-order valence-electron chi connectivity index (χ1n) is 5.85.